The van der Waals surface area contributed by atoms with E-state index >= 15 is 0 Å². The second kappa shape index (κ2) is 11.9. The number of carbonyl (C=O) groups excluding carboxylic acids is 1. The van der Waals surface area contributed by atoms with Gasteiger partial charge in [-0.25, -0.2) is 9.78 Å². The van der Waals surface area contributed by atoms with E-state index in [1.807, 2.05) is 25.1 Å². The van der Waals surface area contributed by atoms with Crippen molar-refractivity contribution >= 4 is 45.8 Å². The lowest BCUT2D eigenvalue weighted by Crippen LogP contribution is -2.41. The average molecular weight is 553 g/mol. The van der Waals surface area contributed by atoms with E-state index < -0.39 is 6.04 Å². The Morgan fingerprint density at radius 1 is 1.05 bits per heavy atom. The van der Waals surface area contributed by atoms with Gasteiger partial charge in [-0.1, -0.05) is 61.3 Å². The fraction of sp³-hybridized carbons (Fsp3) is 0.276. The molecule has 1 unspecified atom stereocenters. The van der Waals surface area contributed by atoms with Crippen LogP contribution in [0.25, 0.3) is 16.6 Å². The second-order valence-electron chi connectivity index (χ2n) is 9.41. The molecule has 9 heteroatoms. The van der Waals surface area contributed by atoms with E-state index in [0.717, 1.165) is 6.42 Å². The van der Waals surface area contributed by atoms with Crippen molar-refractivity contribution in [2.45, 2.75) is 33.2 Å². The molecule has 0 spiro atoms. The number of halogens is 2. The second-order valence-corrected chi connectivity index (χ2v) is 10.2. The summed E-state index contributed by atoms with van der Waals surface area (Å²) in [5.41, 5.74) is 1.30. The van der Waals surface area contributed by atoms with Crippen molar-refractivity contribution < 1.29 is 9.53 Å². The number of ether oxygens (including phenoxy) is 1. The molecule has 198 valence electrons. The van der Waals surface area contributed by atoms with Crippen LogP contribution in [0.3, 0.4) is 0 Å². The first-order valence-electron chi connectivity index (χ1n) is 12.4. The molecule has 0 bridgehead atoms. The number of methoxy groups -OCH3 is 1. The van der Waals surface area contributed by atoms with Crippen LogP contribution >= 0.6 is 23.2 Å². The van der Waals surface area contributed by atoms with E-state index in [1.54, 1.807) is 60.5 Å². The highest BCUT2D eigenvalue weighted by atomic mass is 35.5. The first kappa shape index (κ1) is 27.5. The molecule has 0 aliphatic heterocycles. The van der Waals surface area contributed by atoms with Crippen molar-refractivity contribution in [3.05, 3.63) is 93.0 Å². The Bertz CT molecular complexity index is 1520. The number of nitrogens with one attached hydrogen (secondary N) is 1. The quantitative estimate of drug-likeness (QED) is 0.248. The number of hydrogen-bond acceptors (Lipinski definition) is 4. The van der Waals surface area contributed by atoms with Crippen LogP contribution in [0.15, 0.2) is 71.5 Å². The van der Waals surface area contributed by atoms with Gasteiger partial charge in [-0.15, -0.1) is 0 Å². The van der Waals surface area contributed by atoms with Crippen LogP contribution in [0.1, 0.15) is 39.1 Å². The van der Waals surface area contributed by atoms with Crippen LogP contribution in [0.5, 0.6) is 5.75 Å². The molecular weight excluding hydrogens is 523 g/mol. The maximum Gasteiger partial charge on any atom is 0.322 e. The van der Waals surface area contributed by atoms with Gasteiger partial charge >= 0.3 is 6.03 Å². The maximum atomic E-state index is 13.9. The third-order valence-electron chi connectivity index (χ3n) is 6.35. The molecule has 0 radical (unpaired) electrons. The molecule has 1 N–H and O–H groups in total. The van der Waals surface area contributed by atoms with E-state index in [1.165, 1.54) is 4.57 Å². The SMILES string of the molecule is COc1ccccc1-n1c(C(C)N(CCC(C)C)C(=O)Nc2ccc(Cl)cc2Cl)nc2ccccc2c1=O. The smallest absolute Gasteiger partial charge is 0.322 e. The largest absolute Gasteiger partial charge is 0.495 e. The summed E-state index contributed by atoms with van der Waals surface area (Å²) in [6, 6.07) is 18.4. The van der Waals surface area contributed by atoms with E-state index in [0.29, 0.717) is 56.4 Å². The van der Waals surface area contributed by atoms with E-state index in [9.17, 15) is 9.59 Å². The third kappa shape index (κ3) is 5.79. The van der Waals surface area contributed by atoms with Gasteiger partial charge in [0.1, 0.15) is 11.6 Å². The first-order chi connectivity index (χ1) is 18.2. The first-order valence-corrected chi connectivity index (χ1v) is 13.1. The monoisotopic (exact) mass is 552 g/mol. The normalized spacial score (nSPS) is 12.0. The molecule has 0 aliphatic rings. The highest BCUT2D eigenvalue weighted by Gasteiger charge is 2.28. The Balaban J connectivity index is 1.86. The van der Waals surface area contributed by atoms with Crippen molar-refractivity contribution in [1.82, 2.24) is 14.5 Å². The molecule has 1 aromatic heterocycles. The van der Waals surface area contributed by atoms with Gasteiger partial charge in [-0.3, -0.25) is 9.36 Å². The molecular formula is C29H30Cl2N4O3. The number of carbonyl (C=O) groups is 1. The predicted octanol–water partition coefficient (Wildman–Crippen LogP) is 7.34. The van der Waals surface area contributed by atoms with Gasteiger partial charge < -0.3 is 15.0 Å². The van der Waals surface area contributed by atoms with E-state index in [-0.39, 0.29) is 11.6 Å². The Morgan fingerprint density at radius 3 is 2.47 bits per heavy atom. The van der Waals surface area contributed by atoms with Crippen molar-refractivity contribution in [1.29, 1.82) is 0 Å². The third-order valence-corrected chi connectivity index (χ3v) is 6.90. The van der Waals surface area contributed by atoms with Crippen LogP contribution in [0, 0.1) is 5.92 Å². The van der Waals surface area contributed by atoms with E-state index in [4.69, 9.17) is 32.9 Å². The van der Waals surface area contributed by atoms with Crippen LogP contribution in [0.2, 0.25) is 10.0 Å². The van der Waals surface area contributed by atoms with Crippen molar-refractivity contribution in [3.8, 4) is 11.4 Å². The van der Waals surface area contributed by atoms with Gasteiger partial charge in [0.05, 0.1) is 40.5 Å². The van der Waals surface area contributed by atoms with Crippen molar-refractivity contribution in [2.75, 3.05) is 19.0 Å². The molecule has 38 heavy (non-hydrogen) atoms. The van der Waals surface area contributed by atoms with Crippen LogP contribution < -0.4 is 15.6 Å². The molecule has 0 aliphatic carbocycles. The zero-order valence-electron chi connectivity index (χ0n) is 21.7. The summed E-state index contributed by atoms with van der Waals surface area (Å²) in [6.07, 6.45) is 0.749. The summed E-state index contributed by atoms with van der Waals surface area (Å²) in [7, 11) is 1.56. The zero-order chi connectivity index (χ0) is 27.4. The summed E-state index contributed by atoms with van der Waals surface area (Å²) in [4.78, 5) is 34.1. The zero-order valence-corrected chi connectivity index (χ0v) is 23.3. The summed E-state index contributed by atoms with van der Waals surface area (Å²) in [5, 5.41) is 4.18. The fourth-order valence-corrected chi connectivity index (χ4v) is 4.72. The maximum absolute atomic E-state index is 13.9. The van der Waals surface area contributed by atoms with Gasteiger partial charge in [-0.05, 0) is 61.7 Å². The van der Waals surface area contributed by atoms with Crippen molar-refractivity contribution in [3.63, 3.8) is 0 Å². The Labute approximate surface area is 232 Å². The number of anilines is 1. The molecule has 0 saturated carbocycles. The molecule has 1 atom stereocenters. The van der Waals surface area contributed by atoms with Gasteiger partial charge in [0.25, 0.3) is 5.56 Å². The molecule has 2 amide bonds. The lowest BCUT2D eigenvalue weighted by atomic mass is 10.1. The summed E-state index contributed by atoms with van der Waals surface area (Å²) >= 11 is 12.4. The van der Waals surface area contributed by atoms with Gasteiger partial charge in [0.2, 0.25) is 0 Å². The highest BCUT2D eigenvalue weighted by Crippen LogP contribution is 2.30. The van der Waals surface area contributed by atoms with Gasteiger partial charge in [0, 0.05) is 11.6 Å². The molecule has 0 fully saturated rings. The van der Waals surface area contributed by atoms with Crippen LogP contribution in [-0.4, -0.2) is 34.1 Å². The lowest BCUT2D eigenvalue weighted by molar-refractivity contribution is 0.185. The fourth-order valence-electron chi connectivity index (χ4n) is 4.26. The molecule has 4 aromatic rings. The minimum Gasteiger partial charge on any atom is -0.495 e. The molecule has 7 nitrogen and oxygen atoms in total. The number of urea groups is 1. The minimum absolute atomic E-state index is 0.244. The van der Waals surface area contributed by atoms with Crippen LogP contribution in [0.4, 0.5) is 10.5 Å². The average Bonchev–Trinajstić information content (AvgIpc) is 2.90. The molecule has 1 heterocycles. The standard InChI is InChI=1S/C29H30Cl2N4O3/c1-18(2)15-16-34(29(37)33-24-14-13-20(30)17-22(24)31)19(3)27-32-23-10-6-5-9-21(23)28(36)35(27)25-11-7-8-12-26(25)38-4/h5-14,17-19H,15-16H2,1-4H3,(H,33,37). The summed E-state index contributed by atoms with van der Waals surface area (Å²) < 4.78 is 7.12. The number of aromatic nitrogens is 2. The van der Waals surface area contributed by atoms with Crippen molar-refractivity contribution in [2.24, 2.45) is 5.92 Å². The number of fused-ring (bicyclic) bond motifs is 1. The topological polar surface area (TPSA) is 76.5 Å². The number of amides is 2. The number of benzene rings is 3. The number of hydrogen-bond donors (Lipinski definition) is 1. The number of rotatable bonds is 8. The predicted molar refractivity (Wildman–Crippen MR) is 154 cm³/mol. The highest BCUT2D eigenvalue weighted by molar-refractivity contribution is 6.36. The summed E-state index contributed by atoms with van der Waals surface area (Å²) in [5.74, 6) is 1.28. The lowest BCUT2D eigenvalue weighted by Gasteiger charge is -2.31. The molecule has 4 rings (SSSR count). The molecule has 3 aromatic carbocycles. The van der Waals surface area contributed by atoms with Gasteiger partial charge in [-0.2, -0.15) is 0 Å². The Hall–Kier alpha value is -3.55. The van der Waals surface area contributed by atoms with Crippen LogP contribution in [-0.2, 0) is 0 Å². The van der Waals surface area contributed by atoms with Gasteiger partial charge in [0.15, 0.2) is 0 Å². The van der Waals surface area contributed by atoms with E-state index in [2.05, 4.69) is 19.2 Å². The molecule has 0 saturated heterocycles. The summed E-state index contributed by atoms with van der Waals surface area (Å²) in [6.45, 7) is 6.49. The Kier molecular flexibility index (Phi) is 8.59. The number of nitrogens with zero attached hydrogens (tertiary/aromatic N) is 3. The number of para-hydroxylation sites is 3. The Morgan fingerprint density at radius 2 is 1.76 bits per heavy atom. The minimum atomic E-state index is -0.581.